The summed E-state index contributed by atoms with van der Waals surface area (Å²) in [5, 5.41) is 9.47. The summed E-state index contributed by atoms with van der Waals surface area (Å²) in [7, 11) is 0. The lowest BCUT2D eigenvalue weighted by molar-refractivity contribution is 0.107. The van der Waals surface area contributed by atoms with Gasteiger partial charge in [0.2, 0.25) is 0 Å². The number of hydrogen-bond acceptors (Lipinski definition) is 4. The molecule has 4 rings (SSSR count). The number of benzene rings is 2. The van der Waals surface area contributed by atoms with Gasteiger partial charge in [-0.2, -0.15) is 0 Å². The Labute approximate surface area is 156 Å². The van der Waals surface area contributed by atoms with E-state index < -0.39 is 0 Å². The SMILES string of the molecule is OCC1CCCN(CC2CNNC2c2ccc(-c3ccccc3)cc2)C1. The summed E-state index contributed by atoms with van der Waals surface area (Å²) in [5.74, 6) is 1.00. The summed E-state index contributed by atoms with van der Waals surface area (Å²) in [6, 6.07) is 19.8. The summed E-state index contributed by atoms with van der Waals surface area (Å²) in [4.78, 5) is 2.54. The van der Waals surface area contributed by atoms with Gasteiger partial charge in [-0.05, 0) is 42.0 Å². The molecule has 2 saturated heterocycles. The molecule has 3 unspecified atom stereocenters. The van der Waals surface area contributed by atoms with Gasteiger partial charge in [-0.3, -0.25) is 5.43 Å². The minimum Gasteiger partial charge on any atom is -0.396 e. The highest BCUT2D eigenvalue weighted by molar-refractivity contribution is 5.63. The van der Waals surface area contributed by atoms with E-state index in [4.69, 9.17) is 0 Å². The first kappa shape index (κ1) is 17.7. The van der Waals surface area contributed by atoms with Gasteiger partial charge in [0.15, 0.2) is 0 Å². The second kappa shape index (κ2) is 8.31. The topological polar surface area (TPSA) is 47.5 Å². The van der Waals surface area contributed by atoms with Gasteiger partial charge in [0.25, 0.3) is 0 Å². The van der Waals surface area contributed by atoms with Crippen molar-refractivity contribution in [1.82, 2.24) is 15.8 Å². The summed E-state index contributed by atoms with van der Waals surface area (Å²) >= 11 is 0. The van der Waals surface area contributed by atoms with E-state index in [9.17, 15) is 5.11 Å². The summed E-state index contributed by atoms with van der Waals surface area (Å²) < 4.78 is 0. The monoisotopic (exact) mass is 351 g/mol. The van der Waals surface area contributed by atoms with Crippen molar-refractivity contribution in [3.63, 3.8) is 0 Å². The fraction of sp³-hybridized carbons (Fsp3) is 0.455. The van der Waals surface area contributed by atoms with Gasteiger partial charge in [-0.15, -0.1) is 0 Å². The zero-order valence-corrected chi connectivity index (χ0v) is 15.3. The molecular weight excluding hydrogens is 322 g/mol. The molecule has 2 aromatic carbocycles. The van der Waals surface area contributed by atoms with Crippen LogP contribution in [0.25, 0.3) is 11.1 Å². The lowest BCUT2D eigenvalue weighted by Crippen LogP contribution is -2.41. The molecule has 2 aliphatic heterocycles. The fourth-order valence-corrected chi connectivity index (χ4v) is 4.37. The molecule has 4 heteroatoms. The number of nitrogens with zero attached hydrogens (tertiary/aromatic N) is 1. The van der Waals surface area contributed by atoms with Crippen LogP contribution in [0.15, 0.2) is 54.6 Å². The molecule has 2 aromatic rings. The average molecular weight is 351 g/mol. The molecule has 4 nitrogen and oxygen atoms in total. The van der Waals surface area contributed by atoms with Crippen molar-refractivity contribution < 1.29 is 5.11 Å². The Morgan fingerprint density at radius 2 is 1.77 bits per heavy atom. The Bertz CT molecular complexity index is 688. The van der Waals surface area contributed by atoms with Gasteiger partial charge in [0, 0.05) is 32.2 Å². The maximum absolute atomic E-state index is 9.47. The van der Waals surface area contributed by atoms with E-state index in [-0.39, 0.29) is 0 Å². The number of piperidine rings is 1. The number of aliphatic hydroxyl groups is 1. The highest BCUT2D eigenvalue weighted by Gasteiger charge is 2.31. The molecule has 0 aliphatic carbocycles. The van der Waals surface area contributed by atoms with Gasteiger partial charge < -0.3 is 10.0 Å². The Morgan fingerprint density at radius 3 is 2.54 bits per heavy atom. The van der Waals surface area contributed by atoms with Crippen LogP contribution in [0.2, 0.25) is 0 Å². The molecule has 0 saturated carbocycles. The van der Waals surface area contributed by atoms with E-state index >= 15 is 0 Å². The van der Waals surface area contributed by atoms with Gasteiger partial charge in [-0.1, -0.05) is 54.6 Å². The Balaban J connectivity index is 1.43. The first-order valence-corrected chi connectivity index (χ1v) is 9.80. The van der Waals surface area contributed by atoms with Crippen LogP contribution in [0.5, 0.6) is 0 Å². The highest BCUT2D eigenvalue weighted by atomic mass is 16.3. The van der Waals surface area contributed by atoms with E-state index in [1.807, 2.05) is 0 Å². The summed E-state index contributed by atoms with van der Waals surface area (Å²) in [6.07, 6.45) is 2.37. The quantitative estimate of drug-likeness (QED) is 0.775. The third-order valence-electron chi connectivity index (χ3n) is 5.82. The van der Waals surface area contributed by atoms with Crippen molar-refractivity contribution in [2.24, 2.45) is 11.8 Å². The standard InChI is InChI=1S/C22H29N3O/c26-16-17-5-4-12-25(14-17)15-21-13-23-24-22(21)20-10-8-19(9-11-20)18-6-2-1-3-7-18/h1-3,6-11,17,21-24,26H,4-5,12-16H2. The van der Waals surface area contributed by atoms with E-state index in [1.165, 1.54) is 29.5 Å². The molecule has 2 heterocycles. The van der Waals surface area contributed by atoms with E-state index in [2.05, 4.69) is 70.3 Å². The van der Waals surface area contributed by atoms with Gasteiger partial charge in [0.1, 0.15) is 0 Å². The Kier molecular flexibility index (Phi) is 5.65. The van der Waals surface area contributed by atoms with Gasteiger partial charge >= 0.3 is 0 Å². The zero-order valence-electron chi connectivity index (χ0n) is 15.3. The number of hydrogen-bond donors (Lipinski definition) is 3. The van der Waals surface area contributed by atoms with Crippen LogP contribution in [0.1, 0.15) is 24.4 Å². The second-order valence-corrected chi connectivity index (χ2v) is 7.70. The van der Waals surface area contributed by atoms with Gasteiger partial charge in [0.05, 0.1) is 6.04 Å². The van der Waals surface area contributed by atoms with Crippen molar-refractivity contribution in [2.75, 3.05) is 32.8 Å². The normalized spacial score (nSPS) is 26.9. The molecule has 0 radical (unpaired) electrons. The van der Waals surface area contributed by atoms with Gasteiger partial charge in [-0.25, -0.2) is 5.43 Å². The predicted octanol–water partition coefficient (Wildman–Crippen LogP) is 2.82. The molecule has 138 valence electrons. The third kappa shape index (κ3) is 3.99. The maximum atomic E-state index is 9.47. The first-order valence-electron chi connectivity index (χ1n) is 9.80. The number of likely N-dealkylation sites (tertiary alicyclic amines) is 1. The van der Waals surface area contributed by atoms with Crippen LogP contribution in [0.4, 0.5) is 0 Å². The molecule has 3 N–H and O–H groups in total. The van der Waals surface area contributed by atoms with Crippen molar-refractivity contribution in [3.05, 3.63) is 60.2 Å². The molecule has 3 atom stereocenters. The van der Waals surface area contributed by atoms with Crippen LogP contribution >= 0.6 is 0 Å². The molecular formula is C22H29N3O. The zero-order chi connectivity index (χ0) is 17.8. The largest absolute Gasteiger partial charge is 0.396 e. The van der Waals surface area contributed by atoms with Crippen LogP contribution in [-0.4, -0.2) is 42.8 Å². The smallest absolute Gasteiger partial charge is 0.0515 e. The van der Waals surface area contributed by atoms with Crippen molar-refractivity contribution in [2.45, 2.75) is 18.9 Å². The number of aliphatic hydroxyl groups excluding tert-OH is 1. The molecule has 26 heavy (non-hydrogen) atoms. The Hall–Kier alpha value is -1.72. The number of rotatable bonds is 5. The average Bonchev–Trinajstić information content (AvgIpc) is 3.17. The lowest BCUT2D eigenvalue weighted by atomic mass is 9.91. The molecule has 2 aliphatic rings. The lowest BCUT2D eigenvalue weighted by Gasteiger charge is -2.34. The molecule has 2 fully saturated rings. The maximum Gasteiger partial charge on any atom is 0.0515 e. The van der Waals surface area contributed by atoms with Crippen LogP contribution in [0.3, 0.4) is 0 Å². The summed E-state index contributed by atoms with van der Waals surface area (Å²) in [6.45, 7) is 4.59. The van der Waals surface area contributed by atoms with Crippen molar-refractivity contribution >= 4 is 0 Å². The fourth-order valence-electron chi connectivity index (χ4n) is 4.37. The summed E-state index contributed by atoms with van der Waals surface area (Å²) in [5.41, 5.74) is 10.7. The number of hydrazine groups is 1. The molecule has 0 spiro atoms. The third-order valence-corrected chi connectivity index (χ3v) is 5.82. The molecule has 0 amide bonds. The molecule has 0 aromatic heterocycles. The minimum atomic E-state index is 0.321. The van der Waals surface area contributed by atoms with E-state index in [0.717, 1.165) is 26.2 Å². The van der Waals surface area contributed by atoms with E-state index in [1.54, 1.807) is 0 Å². The van der Waals surface area contributed by atoms with Crippen LogP contribution in [0, 0.1) is 11.8 Å². The van der Waals surface area contributed by atoms with Crippen LogP contribution in [-0.2, 0) is 0 Å². The van der Waals surface area contributed by atoms with E-state index in [0.29, 0.717) is 24.5 Å². The number of nitrogens with one attached hydrogen (secondary N) is 2. The van der Waals surface area contributed by atoms with Crippen molar-refractivity contribution in [1.29, 1.82) is 0 Å². The predicted molar refractivity (Wildman–Crippen MR) is 105 cm³/mol. The van der Waals surface area contributed by atoms with Crippen LogP contribution < -0.4 is 10.9 Å². The first-order chi connectivity index (χ1) is 12.8. The highest BCUT2D eigenvalue weighted by Crippen LogP contribution is 2.29. The second-order valence-electron chi connectivity index (χ2n) is 7.70. The molecule has 0 bridgehead atoms. The Morgan fingerprint density at radius 1 is 1.00 bits per heavy atom. The minimum absolute atomic E-state index is 0.321. The van der Waals surface area contributed by atoms with Crippen molar-refractivity contribution in [3.8, 4) is 11.1 Å².